The molecule has 0 heterocycles. The lowest BCUT2D eigenvalue weighted by Crippen LogP contribution is -2.27. The molecular weight excluding hydrogens is 244 g/mol. The monoisotopic (exact) mass is 262 g/mol. The van der Waals surface area contributed by atoms with Gasteiger partial charge in [-0.3, -0.25) is 4.79 Å². The van der Waals surface area contributed by atoms with E-state index in [0.29, 0.717) is 19.4 Å². The number of carbonyl (C=O) groups excluding carboxylic acids is 1. The molecule has 0 bridgehead atoms. The smallest absolute Gasteiger partial charge is 0.223 e. The van der Waals surface area contributed by atoms with E-state index >= 15 is 0 Å². The third-order valence-electron chi connectivity index (χ3n) is 2.56. The number of nitrogens with zero attached hydrogens (tertiary/aromatic N) is 2. The lowest BCUT2D eigenvalue weighted by Gasteiger charge is -2.14. The summed E-state index contributed by atoms with van der Waals surface area (Å²) in [5.41, 5.74) is 1.28. The van der Waals surface area contributed by atoms with Crippen molar-refractivity contribution in [1.82, 2.24) is 4.90 Å². The Bertz CT molecular complexity index is 400. The van der Waals surface area contributed by atoms with Gasteiger partial charge in [-0.1, -0.05) is 30.3 Å². The standard InChI is InChI=1S/C14H18N2OS/c1-16(10-5-9-15)14(17)8-11-18-12-13-6-3-2-4-7-13/h2-4,6-7H,5,8,10-12H2,1H3. The van der Waals surface area contributed by atoms with Gasteiger partial charge in [0.1, 0.15) is 0 Å². The van der Waals surface area contributed by atoms with E-state index < -0.39 is 0 Å². The third kappa shape index (κ3) is 5.74. The first kappa shape index (κ1) is 14.6. The summed E-state index contributed by atoms with van der Waals surface area (Å²) >= 11 is 1.76. The summed E-state index contributed by atoms with van der Waals surface area (Å²) in [7, 11) is 1.75. The van der Waals surface area contributed by atoms with Crippen molar-refractivity contribution >= 4 is 17.7 Å². The van der Waals surface area contributed by atoms with Crippen LogP contribution >= 0.6 is 11.8 Å². The average Bonchev–Trinajstić information content (AvgIpc) is 2.41. The zero-order chi connectivity index (χ0) is 13.2. The molecule has 0 N–H and O–H groups in total. The molecule has 0 saturated carbocycles. The van der Waals surface area contributed by atoms with Crippen LogP contribution in [-0.2, 0) is 10.5 Å². The van der Waals surface area contributed by atoms with Crippen LogP contribution in [0.5, 0.6) is 0 Å². The van der Waals surface area contributed by atoms with Gasteiger partial charge in [-0.05, 0) is 5.56 Å². The Balaban J connectivity index is 2.14. The molecule has 3 nitrogen and oxygen atoms in total. The topological polar surface area (TPSA) is 44.1 Å². The minimum absolute atomic E-state index is 0.116. The number of carbonyl (C=O) groups is 1. The summed E-state index contributed by atoms with van der Waals surface area (Å²) < 4.78 is 0. The molecule has 1 rings (SSSR count). The van der Waals surface area contributed by atoms with E-state index in [2.05, 4.69) is 12.1 Å². The van der Waals surface area contributed by atoms with Crippen molar-refractivity contribution in [1.29, 1.82) is 5.26 Å². The van der Waals surface area contributed by atoms with Crippen molar-refractivity contribution in [3.63, 3.8) is 0 Å². The van der Waals surface area contributed by atoms with Crippen molar-refractivity contribution in [2.75, 3.05) is 19.3 Å². The Labute approximate surface area is 113 Å². The van der Waals surface area contributed by atoms with Gasteiger partial charge in [0.2, 0.25) is 5.91 Å². The number of hydrogen-bond acceptors (Lipinski definition) is 3. The van der Waals surface area contributed by atoms with E-state index in [1.165, 1.54) is 5.56 Å². The first-order chi connectivity index (χ1) is 8.74. The zero-order valence-corrected chi connectivity index (χ0v) is 11.4. The van der Waals surface area contributed by atoms with E-state index in [4.69, 9.17) is 5.26 Å². The second kappa shape index (κ2) is 8.60. The fraction of sp³-hybridized carbons (Fsp3) is 0.429. The summed E-state index contributed by atoms with van der Waals surface area (Å²) in [5.74, 6) is 1.88. The number of thioether (sulfide) groups is 1. The van der Waals surface area contributed by atoms with E-state index in [0.717, 1.165) is 11.5 Å². The van der Waals surface area contributed by atoms with Gasteiger partial charge in [0.05, 0.1) is 12.5 Å². The van der Waals surface area contributed by atoms with Crippen LogP contribution in [-0.4, -0.2) is 30.2 Å². The van der Waals surface area contributed by atoms with Crippen molar-refractivity contribution in [2.24, 2.45) is 0 Å². The van der Waals surface area contributed by atoms with Gasteiger partial charge < -0.3 is 4.90 Å². The van der Waals surface area contributed by atoms with E-state index in [-0.39, 0.29) is 5.91 Å². The largest absolute Gasteiger partial charge is 0.345 e. The molecule has 0 radical (unpaired) electrons. The Hall–Kier alpha value is -1.47. The van der Waals surface area contributed by atoms with Crippen LogP contribution in [0, 0.1) is 11.3 Å². The third-order valence-corrected chi connectivity index (χ3v) is 3.59. The summed E-state index contributed by atoms with van der Waals surface area (Å²) in [6.07, 6.45) is 0.943. The molecule has 0 spiro atoms. The predicted octanol–water partition coefficient (Wildman–Crippen LogP) is 2.68. The molecule has 0 atom stereocenters. The average molecular weight is 262 g/mol. The second-order valence-electron chi connectivity index (χ2n) is 4.01. The Morgan fingerprint density at radius 1 is 1.39 bits per heavy atom. The molecule has 96 valence electrons. The molecule has 0 saturated heterocycles. The van der Waals surface area contributed by atoms with Gasteiger partial charge in [0.15, 0.2) is 0 Å². The summed E-state index contributed by atoms with van der Waals surface area (Å²) in [6.45, 7) is 0.526. The molecular formula is C14H18N2OS. The van der Waals surface area contributed by atoms with Crippen LogP contribution in [0.25, 0.3) is 0 Å². The van der Waals surface area contributed by atoms with Gasteiger partial charge in [0, 0.05) is 31.5 Å². The first-order valence-corrected chi connectivity index (χ1v) is 7.12. The Morgan fingerprint density at radius 2 is 2.11 bits per heavy atom. The molecule has 0 aliphatic carbocycles. The van der Waals surface area contributed by atoms with Crippen LogP contribution in [0.15, 0.2) is 30.3 Å². The van der Waals surface area contributed by atoms with Crippen molar-refractivity contribution in [3.05, 3.63) is 35.9 Å². The molecule has 0 fully saturated rings. The van der Waals surface area contributed by atoms with Crippen molar-refractivity contribution in [2.45, 2.75) is 18.6 Å². The van der Waals surface area contributed by atoms with Gasteiger partial charge in [-0.25, -0.2) is 0 Å². The maximum atomic E-state index is 11.7. The van der Waals surface area contributed by atoms with Crippen LogP contribution in [0.1, 0.15) is 18.4 Å². The number of rotatable bonds is 7. The summed E-state index contributed by atoms with van der Waals surface area (Å²) in [5, 5.41) is 8.45. The molecule has 0 aliphatic heterocycles. The molecule has 18 heavy (non-hydrogen) atoms. The number of benzene rings is 1. The van der Waals surface area contributed by atoms with Crippen molar-refractivity contribution < 1.29 is 4.79 Å². The van der Waals surface area contributed by atoms with Gasteiger partial charge in [0.25, 0.3) is 0 Å². The quantitative estimate of drug-likeness (QED) is 0.710. The van der Waals surface area contributed by atoms with E-state index in [1.807, 2.05) is 24.3 Å². The molecule has 1 aromatic rings. The molecule has 1 aromatic carbocycles. The molecule has 0 unspecified atom stereocenters. The minimum atomic E-state index is 0.116. The fourth-order valence-electron chi connectivity index (χ4n) is 1.46. The molecule has 0 aromatic heterocycles. The molecule has 1 amide bonds. The highest BCUT2D eigenvalue weighted by Crippen LogP contribution is 2.13. The Morgan fingerprint density at radius 3 is 2.78 bits per heavy atom. The second-order valence-corrected chi connectivity index (χ2v) is 5.12. The SMILES string of the molecule is CN(CCC#N)C(=O)CCSCc1ccccc1. The number of nitriles is 1. The van der Waals surface area contributed by atoms with E-state index in [1.54, 1.807) is 23.7 Å². The van der Waals surface area contributed by atoms with E-state index in [9.17, 15) is 4.79 Å². The minimum Gasteiger partial charge on any atom is -0.345 e. The van der Waals surface area contributed by atoms with Crippen LogP contribution < -0.4 is 0 Å². The maximum Gasteiger partial charge on any atom is 0.223 e. The maximum absolute atomic E-state index is 11.7. The first-order valence-electron chi connectivity index (χ1n) is 5.96. The highest BCUT2D eigenvalue weighted by Gasteiger charge is 2.07. The van der Waals surface area contributed by atoms with Gasteiger partial charge in [-0.2, -0.15) is 17.0 Å². The molecule has 4 heteroatoms. The summed E-state index contributed by atoms with van der Waals surface area (Å²) in [6, 6.07) is 12.3. The fourth-order valence-corrected chi connectivity index (χ4v) is 2.35. The van der Waals surface area contributed by atoms with Crippen LogP contribution in [0.2, 0.25) is 0 Å². The highest BCUT2D eigenvalue weighted by molar-refractivity contribution is 7.98. The van der Waals surface area contributed by atoms with Crippen LogP contribution in [0.4, 0.5) is 0 Å². The Kier molecular flexibility index (Phi) is 6.97. The zero-order valence-electron chi connectivity index (χ0n) is 10.6. The van der Waals surface area contributed by atoms with Crippen LogP contribution in [0.3, 0.4) is 0 Å². The lowest BCUT2D eigenvalue weighted by atomic mass is 10.2. The summed E-state index contributed by atoms with van der Waals surface area (Å²) in [4.78, 5) is 13.3. The molecule has 0 aliphatic rings. The van der Waals surface area contributed by atoms with Gasteiger partial charge >= 0.3 is 0 Å². The number of amides is 1. The highest BCUT2D eigenvalue weighted by atomic mass is 32.2. The lowest BCUT2D eigenvalue weighted by molar-refractivity contribution is -0.129. The predicted molar refractivity (Wildman–Crippen MR) is 75.1 cm³/mol. The normalized spacial score (nSPS) is 9.78. The number of hydrogen-bond donors (Lipinski definition) is 0. The van der Waals surface area contributed by atoms with Gasteiger partial charge in [-0.15, -0.1) is 0 Å². The van der Waals surface area contributed by atoms with Crippen molar-refractivity contribution in [3.8, 4) is 6.07 Å².